The Hall–Kier alpha value is -4.74. The van der Waals surface area contributed by atoms with Crippen molar-refractivity contribution in [3.05, 3.63) is 64.7 Å². The molecule has 3 aromatic rings. The second-order valence-electron chi connectivity index (χ2n) is 15.2. The number of guanidine groups is 1. The van der Waals surface area contributed by atoms with Crippen LogP contribution in [0.3, 0.4) is 0 Å². The van der Waals surface area contributed by atoms with Gasteiger partial charge in [0.05, 0.1) is 16.9 Å². The van der Waals surface area contributed by atoms with E-state index in [0.717, 1.165) is 21.9 Å². The molecule has 1 atom stereocenters. The first-order valence-electron chi connectivity index (χ1n) is 19.1. The molecule has 0 saturated carbocycles. The fourth-order valence-electron chi connectivity index (χ4n) is 7.39. The van der Waals surface area contributed by atoms with Crippen molar-refractivity contribution in [2.45, 2.75) is 101 Å². The van der Waals surface area contributed by atoms with E-state index in [4.69, 9.17) is 10.5 Å². The van der Waals surface area contributed by atoms with Crippen LogP contribution >= 0.6 is 0 Å². The van der Waals surface area contributed by atoms with Crippen molar-refractivity contribution in [1.29, 1.82) is 0 Å². The number of ether oxygens (including phenoxy) is 2. The zero-order valence-electron chi connectivity index (χ0n) is 33.5. The highest BCUT2D eigenvalue weighted by molar-refractivity contribution is 7.90. The number of fused-ring (bicyclic) bond motifs is 2. The van der Waals surface area contributed by atoms with Crippen LogP contribution in [0.25, 0.3) is 10.8 Å². The van der Waals surface area contributed by atoms with Crippen molar-refractivity contribution >= 4 is 54.6 Å². The monoisotopic (exact) mass is 826 g/mol. The molecular weight excluding hydrogens is 773 g/mol. The molecule has 57 heavy (non-hydrogen) atoms. The molecule has 0 spiro atoms. The van der Waals surface area contributed by atoms with Crippen LogP contribution in [0.2, 0.25) is 0 Å². The quantitative estimate of drug-likeness (QED) is 0.0874. The Kier molecular flexibility index (Phi) is 13.6. The van der Waals surface area contributed by atoms with E-state index in [1.54, 1.807) is 41.8 Å². The van der Waals surface area contributed by atoms with Crippen LogP contribution in [0, 0.1) is 20.8 Å². The summed E-state index contributed by atoms with van der Waals surface area (Å²) in [6.07, 6.45) is 2.38. The number of nitrogens with zero attached hydrogens (tertiary/aromatic N) is 3. The molecule has 5 rings (SSSR count). The molecule has 1 saturated heterocycles. The molecule has 2 amide bonds. The predicted octanol–water partition coefficient (Wildman–Crippen LogP) is 3.60. The number of amides is 2. The van der Waals surface area contributed by atoms with Gasteiger partial charge in [-0.05, 0) is 99.9 Å². The molecule has 0 aromatic heterocycles. The molecular formula is C40H54N6O9S2. The number of esters is 1. The summed E-state index contributed by atoms with van der Waals surface area (Å²) >= 11 is 0. The van der Waals surface area contributed by atoms with Crippen LogP contribution in [0.1, 0.15) is 74.6 Å². The smallest absolute Gasteiger partial charge is 0.305 e. The summed E-state index contributed by atoms with van der Waals surface area (Å²) < 4.78 is 72.0. The van der Waals surface area contributed by atoms with E-state index in [1.807, 2.05) is 39.0 Å². The fourth-order valence-corrected chi connectivity index (χ4v) is 10.1. The van der Waals surface area contributed by atoms with E-state index in [0.29, 0.717) is 36.1 Å². The first kappa shape index (κ1) is 43.4. The summed E-state index contributed by atoms with van der Waals surface area (Å²) in [5.41, 5.74) is 8.27. The summed E-state index contributed by atoms with van der Waals surface area (Å²) in [6, 6.07) is 10.9. The van der Waals surface area contributed by atoms with Gasteiger partial charge in [-0.15, -0.1) is 4.40 Å². The van der Waals surface area contributed by atoms with Crippen molar-refractivity contribution < 1.29 is 40.7 Å². The van der Waals surface area contributed by atoms with E-state index < -0.39 is 37.6 Å². The van der Waals surface area contributed by atoms with Gasteiger partial charge in [0.2, 0.25) is 27.8 Å². The molecule has 0 unspecified atom stereocenters. The average molecular weight is 827 g/mol. The van der Waals surface area contributed by atoms with Gasteiger partial charge in [-0.3, -0.25) is 14.4 Å². The second kappa shape index (κ2) is 17.8. The molecule has 2 aliphatic heterocycles. The number of nitrogens with two attached hydrogens (primary N) is 1. The van der Waals surface area contributed by atoms with Crippen LogP contribution in [0.4, 0.5) is 0 Å². The molecule has 17 heteroatoms. The maximum Gasteiger partial charge on any atom is 0.305 e. The first-order chi connectivity index (χ1) is 26.8. The van der Waals surface area contributed by atoms with Crippen LogP contribution in [-0.4, -0.2) is 102 Å². The minimum Gasteiger partial charge on any atom is -0.487 e. The summed E-state index contributed by atoms with van der Waals surface area (Å²) in [5.74, 6) is -0.494. The maximum absolute atomic E-state index is 14.0. The van der Waals surface area contributed by atoms with Crippen molar-refractivity contribution in [3.8, 4) is 5.75 Å². The molecule has 3 aromatic carbocycles. The molecule has 15 nitrogen and oxygen atoms in total. The standard InChI is InChI=1S/C40H54N6O9S2/c1-26-27(2)37(28(3)32-25-40(4,5)55-36(26)32)57(52,53)44-39(41)42-19-11-14-33(43-56(50,51)31-18-17-29-12-7-8-13-30(29)24-31)38(49)46-22-20-45(21-23-46)34(47)15-9-10-16-35(48)54-6/h7-8,12-13,17-18,24,33,43H,9-11,14-16,19-23,25H2,1-6H3,(H3,41,42,44)/t33-/m0/s1. The number of hydrogen-bond donors (Lipinski definition) is 3. The van der Waals surface area contributed by atoms with Gasteiger partial charge in [0.25, 0.3) is 10.0 Å². The number of sulfonamides is 2. The molecule has 1 fully saturated rings. The summed E-state index contributed by atoms with van der Waals surface area (Å²) in [6.45, 7) is 10.2. The van der Waals surface area contributed by atoms with E-state index in [-0.39, 0.29) is 86.0 Å². The number of hydrogen-bond acceptors (Lipinski definition) is 9. The lowest BCUT2D eigenvalue weighted by Crippen LogP contribution is -2.55. The Morgan fingerprint density at radius 3 is 2.23 bits per heavy atom. The maximum atomic E-state index is 14.0. The van der Waals surface area contributed by atoms with Gasteiger partial charge in [-0.2, -0.15) is 13.1 Å². The minimum absolute atomic E-state index is 0.00355. The van der Waals surface area contributed by atoms with Gasteiger partial charge in [0.1, 0.15) is 17.4 Å². The fraction of sp³-hybridized carbons (Fsp3) is 0.500. The summed E-state index contributed by atoms with van der Waals surface area (Å²) in [4.78, 5) is 41.5. The van der Waals surface area contributed by atoms with Crippen LogP contribution < -0.4 is 20.5 Å². The van der Waals surface area contributed by atoms with Crippen LogP contribution in [0.5, 0.6) is 5.75 Å². The SMILES string of the molecule is COC(=O)CCCCC(=O)N1CCN(C(=O)[C@H](CCCN/C(N)=N/S(=O)(=O)c2c(C)c(C)c3c(c2C)CC(C)(C)O3)NS(=O)(=O)c2ccc3ccccc3c2)CC1. The van der Waals surface area contributed by atoms with E-state index in [2.05, 4.69) is 19.2 Å². The molecule has 2 aliphatic rings. The third kappa shape index (κ3) is 10.4. The molecule has 0 radical (unpaired) electrons. The molecule has 2 heterocycles. The largest absolute Gasteiger partial charge is 0.487 e. The second-order valence-corrected chi connectivity index (χ2v) is 18.5. The van der Waals surface area contributed by atoms with Crippen molar-refractivity contribution in [2.75, 3.05) is 39.8 Å². The number of benzene rings is 3. The Bertz CT molecular complexity index is 2270. The molecule has 0 aliphatic carbocycles. The number of carbonyl (C=O) groups excluding carboxylic acids is 3. The number of unbranched alkanes of at least 4 members (excludes halogenated alkanes) is 1. The van der Waals surface area contributed by atoms with Crippen LogP contribution in [-0.2, 0) is 45.6 Å². The third-order valence-corrected chi connectivity index (χ3v) is 13.6. The van der Waals surface area contributed by atoms with Crippen molar-refractivity contribution in [3.63, 3.8) is 0 Å². The normalized spacial score (nSPS) is 16.2. The van der Waals surface area contributed by atoms with E-state index in [9.17, 15) is 31.2 Å². The van der Waals surface area contributed by atoms with E-state index in [1.165, 1.54) is 13.2 Å². The van der Waals surface area contributed by atoms with Gasteiger partial charge < -0.3 is 30.3 Å². The van der Waals surface area contributed by atoms with Crippen molar-refractivity contribution in [1.82, 2.24) is 19.8 Å². The number of rotatable bonds is 15. The highest BCUT2D eigenvalue weighted by Crippen LogP contribution is 2.44. The Morgan fingerprint density at radius 1 is 0.895 bits per heavy atom. The van der Waals surface area contributed by atoms with Gasteiger partial charge in [0.15, 0.2) is 0 Å². The van der Waals surface area contributed by atoms with Gasteiger partial charge in [-0.25, -0.2) is 8.42 Å². The topological polar surface area (TPSA) is 207 Å². The Balaban J connectivity index is 1.26. The summed E-state index contributed by atoms with van der Waals surface area (Å²) in [7, 11) is -7.07. The highest BCUT2D eigenvalue weighted by atomic mass is 32.2. The lowest BCUT2D eigenvalue weighted by Gasteiger charge is -2.36. The average Bonchev–Trinajstić information content (AvgIpc) is 3.51. The molecule has 0 bridgehead atoms. The number of methoxy groups -OCH3 is 1. The lowest BCUT2D eigenvalue weighted by molar-refractivity contribution is -0.141. The zero-order chi connectivity index (χ0) is 41.7. The van der Waals surface area contributed by atoms with E-state index >= 15 is 0 Å². The minimum atomic E-state index is -4.23. The first-order valence-corrected chi connectivity index (χ1v) is 22.1. The zero-order valence-corrected chi connectivity index (χ0v) is 35.1. The van der Waals surface area contributed by atoms with Gasteiger partial charge >= 0.3 is 5.97 Å². The Labute approximate surface area is 335 Å². The number of carbonyl (C=O) groups is 3. The van der Waals surface area contributed by atoms with Crippen LogP contribution in [0.15, 0.2) is 56.7 Å². The predicted molar refractivity (Wildman–Crippen MR) is 217 cm³/mol. The van der Waals surface area contributed by atoms with Gasteiger partial charge in [-0.1, -0.05) is 30.3 Å². The lowest BCUT2D eigenvalue weighted by atomic mass is 9.94. The molecule has 310 valence electrons. The molecule has 4 N–H and O–H groups in total. The number of piperazine rings is 1. The highest BCUT2D eigenvalue weighted by Gasteiger charge is 2.37. The summed E-state index contributed by atoms with van der Waals surface area (Å²) in [5, 5.41) is 4.40. The Morgan fingerprint density at radius 2 is 1.54 bits per heavy atom. The van der Waals surface area contributed by atoms with Crippen molar-refractivity contribution in [2.24, 2.45) is 10.1 Å². The third-order valence-electron chi connectivity index (χ3n) is 10.6. The van der Waals surface area contributed by atoms with Gasteiger partial charge in [0, 0.05) is 57.5 Å². The number of nitrogens with one attached hydrogen (secondary N) is 2.